The van der Waals surface area contributed by atoms with Crippen molar-refractivity contribution in [1.82, 2.24) is 16.0 Å². The molecule has 4 unspecified atom stereocenters. The Morgan fingerprint density at radius 3 is 1.77 bits per heavy atom. The Hall–Kier alpha value is -3.40. The van der Waals surface area contributed by atoms with Gasteiger partial charge in [0.05, 0.1) is 12.5 Å². The van der Waals surface area contributed by atoms with Crippen LogP contribution in [0.15, 0.2) is 0 Å². The largest absolute Gasteiger partial charge is 0.481 e. The number of nitrogens with one attached hydrogen (secondary N) is 3. The van der Waals surface area contributed by atoms with Crippen LogP contribution in [0.5, 0.6) is 0 Å². The molecule has 198 valence electrons. The Balaban J connectivity index is 5.46. The van der Waals surface area contributed by atoms with Crippen molar-refractivity contribution in [2.45, 2.75) is 62.7 Å². The zero-order valence-corrected chi connectivity index (χ0v) is 20.0. The lowest BCUT2D eigenvalue weighted by atomic mass is 10.1. The highest BCUT2D eigenvalue weighted by molar-refractivity contribution is 7.98. The van der Waals surface area contributed by atoms with Crippen molar-refractivity contribution in [3.8, 4) is 0 Å². The van der Waals surface area contributed by atoms with E-state index in [0.717, 1.165) is 0 Å². The van der Waals surface area contributed by atoms with E-state index in [9.17, 15) is 38.7 Å². The number of nitrogens with two attached hydrogens (primary N) is 3. The van der Waals surface area contributed by atoms with E-state index < -0.39 is 78.5 Å². The quantitative estimate of drug-likeness (QED) is 0.0882. The number of primary amides is 2. The van der Waals surface area contributed by atoms with Gasteiger partial charge in [0, 0.05) is 12.8 Å². The maximum atomic E-state index is 12.8. The number of amides is 5. The maximum absolute atomic E-state index is 12.8. The molecule has 0 aromatic rings. The number of carboxylic acids is 2. The first-order valence-corrected chi connectivity index (χ1v) is 11.8. The molecule has 11 N–H and O–H groups in total. The molecule has 0 saturated heterocycles. The van der Waals surface area contributed by atoms with Crippen LogP contribution in [-0.2, 0) is 33.6 Å². The fourth-order valence-electron chi connectivity index (χ4n) is 2.69. The first-order valence-electron chi connectivity index (χ1n) is 10.4. The van der Waals surface area contributed by atoms with Crippen molar-refractivity contribution >= 4 is 53.2 Å². The van der Waals surface area contributed by atoms with Gasteiger partial charge in [0.25, 0.3) is 0 Å². The third-order valence-corrected chi connectivity index (χ3v) is 5.23. The second-order valence-corrected chi connectivity index (χ2v) is 8.50. The number of thioether (sulfide) groups is 1. The fraction of sp³-hybridized carbons (Fsp3) is 0.632. The number of hydrogen-bond donors (Lipinski definition) is 8. The molecule has 0 radical (unpaired) electrons. The van der Waals surface area contributed by atoms with Gasteiger partial charge in [-0.1, -0.05) is 0 Å². The number of carboxylic acid groups (broad SMARTS) is 2. The molecule has 16 heteroatoms. The average molecular weight is 521 g/mol. The summed E-state index contributed by atoms with van der Waals surface area (Å²) in [5, 5.41) is 24.8. The summed E-state index contributed by atoms with van der Waals surface area (Å²) in [7, 11) is 0. The van der Waals surface area contributed by atoms with E-state index in [-0.39, 0.29) is 25.7 Å². The molecule has 0 bridgehead atoms. The summed E-state index contributed by atoms with van der Waals surface area (Å²) < 4.78 is 0. The van der Waals surface area contributed by atoms with Crippen LogP contribution < -0.4 is 33.2 Å². The van der Waals surface area contributed by atoms with Crippen LogP contribution in [-0.4, -0.2) is 87.9 Å². The van der Waals surface area contributed by atoms with E-state index in [1.165, 1.54) is 11.8 Å². The normalized spacial score (nSPS) is 14.0. The molecule has 0 aliphatic heterocycles. The van der Waals surface area contributed by atoms with Gasteiger partial charge in [0.2, 0.25) is 29.5 Å². The summed E-state index contributed by atoms with van der Waals surface area (Å²) in [6, 6.07) is -5.51. The topological polar surface area (TPSA) is 274 Å². The summed E-state index contributed by atoms with van der Waals surface area (Å²) >= 11 is 1.33. The molecule has 0 aliphatic carbocycles. The molecule has 0 fully saturated rings. The zero-order chi connectivity index (χ0) is 27.1. The average Bonchev–Trinajstić information content (AvgIpc) is 2.75. The van der Waals surface area contributed by atoms with E-state index in [4.69, 9.17) is 22.3 Å². The summed E-state index contributed by atoms with van der Waals surface area (Å²) in [6.45, 7) is 0. The minimum Gasteiger partial charge on any atom is -0.481 e. The van der Waals surface area contributed by atoms with Crippen molar-refractivity contribution < 1.29 is 43.8 Å². The predicted molar refractivity (Wildman–Crippen MR) is 124 cm³/mol. The van der Waals surface area contributed by atoms with Crippen LogP contribution in [0.25, 0.3) is 0 Å². The minimum atomic E-state index is -1.52. The van der Waals surface area contributed by atoms with Crippen molar-refractivity contribution in [2.75, 3.05) is 12.0 Å². The molecule has 0 heterocycles. The number of hydrogen-bond acceptors (Lipinski definition) is 9. The van der Waals surface area contributed by atoms with Gasteiger partial charge >= 0.3 is 11.9 Å². The second-order valence-electron chi connectivity index (χ2n) is 7.52. The first-order chi connectivity index (χ1) is 16.3. The molecule has 0 rings (SSSR count). The Kier molecular flexibility index (Phi) is 14.7. The van der Waals surface area contributed by atoms with E-state index in [0.29, 0.717) is 5.75 Å². The lowest BCUT2D eigenvalue weighted by Crippen LogP contribution is -2.57. The van der Waals surface area contributed by atoms with Crippen LogP contribution >= 0.6 is 11.8 Å². The van der Waals surface area contributed by atoms with Crippen LogP contribution in [0.2, 0.25) is 0 Å². The Bertz CT molecular complexity index is 810. The second kappa shape index (κ2) is 16.3. The van der Waals surface area contributed by atoms with Gasteiger partial charge < -0.3 is 43.4 Å². The minimum absolute atomic E-state index is 0.0549. The lowest BCUT2D eigenvalue weighted by molar-refractivity contribution is -0.143. The van der Waals surface area contributed by atoms with Crippen molar-refractivity contribution in [3.05, 3.63) is 0 Å². The van der Waals surface area contributed by atoms with E-state index in [1.54, 1.807) is 6.26 Å². The highest BCUT2D eigenvalue weighted by Crippen LogP contribution is 2.06. The Morgan fingerprint density at radius 2 is 1.29 bits per heavy atom. The van der Waals surface area contributed by atoms with Crippen molar-refractivity contribution in [2.24, 2.45) is 17.2 Å². The molecule has 15 nitrogen and oxygen atoms in total. The fourth-order valence-corrected chi connectivity index (χ4v) is 3.16. The summed E-state index contributed by atoms with van der Waals surface area (Å²) in [5.74, 6) is -6.69. The summed E-state index contributed by atoms with van der Waals surface area (Å²) in [4.78, 5) is 82.1. The third-order valence-electron chi connectivity index (χ3n) is 4.58. The molecular weight excluding hydrogens is 488 g/mol. The van der Waals surface area contributed by atoms with Crippen LogP contribution in [0.4, 0.5) is 0 Å². The van der Waals surface area contributed by atoms with E-state index >= 15 is 0 Å². The standard InChI is InChI=1S/C19H32N6O9S/c1-35-7-6-10(17(31)24-11(19(33)34)3-5-15(28)29)23-18(32)12(8-14(22)27)25-16(30)9(20)2-4-13(21)26/h9-12H,2-8,20H2,1H3,(H2,21,26)(H2,22,27)(H,23,32)(H,24,31)(H,25,30)(H,28,29)(H,33,34). The molecule has 35 heavy (non-hydrogen) atoms. The SMILES string of the molecule is CSCCC(NC(=O)C(CC(N)=O)NC(=O)C(N)CCC(N)=O)C(=O)NC(CCC(=O)O)C(=O)O. The molecule has 0 aromatic carbocycles. The maximum Gasteiger partial charge on any atom is 0.326 e. The van der Waals surface area contributed by atoms with Gasteiger partial charge in [0.15, 0.2) is 0 Å². The number of carbonyl (C=O) groups is 7. The number of rotatable bonds is 18. The monoisotopic (exact) mass is 520 g/mol. The highest BCUT2D eigenvalue weighted by atomic mass is 32.2. The smallest absolute Gasteiger partial charge is 0.326 e. The van der Waals surface area contributed by atoms with Crippen molar-refractivity contribution in [3.63, 3.8) is 0 Å². The van der Waals surface area contributed by atoms with Gasteiger partial charge in [0.1, 0.15) is 18.1 Å². The third kappa shape index (κ3) is 13.8. The van der Waals surface area contributed by atoms with E-state index in [1.807, 2.05) is 0 Å². The molecule has 0 aliphatic rings. The molecule has 0 aromatic heterocycles. The predicted octanol–water partition coefficient (Wildman–Crippen LogP) is -3.39. The summed E-state index contributed by atoms with van der Waals surface area (Å²) in [5.41, 5.74) is 15.8. The van der Waals surface area contributed by atoms with Gasteiger partial charge in [-0.3, -0.25) is 28.8 Å². The molecule has 0 spiro atoms. The van der Waals surface area contributed by atoms with Crippen LogP contribution in [0.3, 0.4) is 0 Å². The first kappa shape index (κ1) is 31.6. The summed E-state index contributed by atoms with van der Waals surface area (Å²) in [6.07, 6.45) is -0.0481. The van der Waals surface area contributed by atoms with Crippen LogP contribution in [0.1, 0.15) is 38.5 Å². The molecule has 5 amide bonds. The molecule has 4 atom stereocenters. The number of carbonyl (C=O) groups excluding carboxylic acids is 5. The van der Waals surface area contributed by atoms with Crippen molar-refractivity contribution in [1.29, 1.82) is 0 Å². The highest BCUT2D eigenvalue weighted by Gasteiger charge is 2.31. The van der Waals surface area contributed by atoms with Crippen LogP contribution in [0, 0.1) is 0 Å². The Morgan fingerprint density at radius 1 is 0.743 bits per heavy atom. The Labute approximate surface area is 205 Å². The molecule has 0 saturated carbocycles. The number of aliphatic carboxylic acids is 2. The van der Waals surface area contributed by atoms with E-state index in [2.05, 4.69) is 16.0 Å². The lowest BCUT2D eigenvalue weighted by Gasteiger charge is -2.24. The van der Waals surface area contributed by atoms with Gasteiger partial charge in [-0.05, 0) is 31.3 Å². The van der Waals surface area contributed by atoms with Gasteiger partial charge in [-0.15, -0.1) is 0 Å². The molecular formula is C19H32N6O9S. The zero-order valence-electron chi connectivity index (χ0n) is 19.2. The van der Waals surface area contributed by atoms with Gasteiger partial charge in [-0.2, -0.15) is 11.8 Å². The van der Waals surface area contributed by atoms with Gasteiger partial charge in [-0.25, -0.2) is 4.79 Å².